The van der Waals surface area contributed by atoms with E-state index < -0.39 is 5.97 Å². The molecule has 0 aliphatic carbocycles. The Morgan fingerprint density at radius 1 is 1.05 bits per heavy atom. The lowest BCUT2D eigenvalue weighted by molar-refractivity contribution is -0.137. The van der Waals surface area contributed by atoms with Crippen LogP contribution in [0.4, 0.5) is 0 Å². The number of carbonyl (C=O) groups is 1. The van der Waals surface area contributed by atoms with E-state index in [4.69, 9.17) is 15.6 Å². The third kappa shape index (κ3) is 4.10. The summed E-state index contributed by atoms with van der Waals surface area (Å²) in [5, 5.41) is 8.64. The zero-order valence-corrected chi connectivity index (χ0v) is 11.0. The van der Waals surface area contributed by atoms with Gasteiger partial charge in [-0.05, 0) is 36.2 Å². The lowest BCUT2D eigenvalue weighted by atomic mass is 10.0. The summed E-state index contributed by atoms with van der Waals surface area (Å²) in [5.41, 5.74) is 6.85. The van der Waals surface area contributed by atoms with Crippen LogP contribution in [-0.4, -0.2) is 11.1 Å². The molecule has 3 N–H and O–H groups in total. The van der Waals surface area contributed by atoms with Crippen LogP contribution in [0.2, 0.25) is 0 Å². The number of benzene rings is 2. The van der Waals surface area contributed by atoms with E-state index in [0.29, 0.717) is 6.42 Å². The summed E-state index contributed by atoms with van der Waals surface area (Å²) >= 11 is 0. The second-order valence-corrected chi connectivity index (χ2v) is 4.52. The maximum absolute atomic E-state index is 10.5. The van der Waals surface area contributed by atoms with Gasteiger partial charge in [-0.2, -0.15) is 0 Å². The van der Waals surface area contributed by atoms with Crippen LogP contribution in [-0.2, 0) is 4.79 Å². The summed E-state index contributed by atoms with van der Waals surface area (Å²) in [5.74, 6) is 0.672. The summed E-state index contributed by atoms with van der Waals surface area (Å²) < 4.78 is 5.68. The van der Waals surface area contributed by atoms with Gasteiger partial charge in [-0.3, -0.25) is 4.79 Å². The first-order valence-electron chi connectivity index (χ1n) is 6.45. The molecule has 20 heavy (non-hydrogen) atoms. The monoisotopic (exact) mass is 271 g/mol. The minimum Gasteiger partial charge on any atom is -0.481 e. The molecule has 2 aromatic carbocycles. The van der Waals surface area contributed by atoms with E-state index in [1.165, 1.54) is 0 Å². The van der Waals surface area contributed by atoms with Gasteiger partial charge >= 0.3 is 5.97 Å². The number of ether oxygens (including phenoxy) is 1. The maximum atomic E-state index is 10.5. The number of rotatable bonds is 6. The molecule has 0 heterocycles. The van der Waals surface area contributed by atoms with Crippen molar-refractivity contribution in [1.82, 2.24) is 0 Å². The molecule has 0 spiro atoms. The molecule has 1 atom stereocenters. The molecule has 0 aromatic heterocycles. The summed E-state index contributed by atoms with van der Waals surface area (Å²) in [6.45, 7) is 0. The highest BCUT2D eigenvalue weighted by atomic mass is 16.5. The smallest absolute Gasteiger partial charge is 0.303 e. The maximum Gasteiger partial charge on any atom is 0.303 e. The Morgan fingerprint density at radius 2 is 1.65 bits per heavy atom. The van der Waals surface area contributed by atoms with Gasteiger partial charge in [-0.25, -0.2) is 0 Å². The number of hydrogen-bond acceptors (Lipinski definition) is 3. The number of nitrogens with two attached hydrogens (primary N) is 1. The van der Waals surface area contributed by atoms with E-state index in [-0.39, 0.29) is 12.5 Å². The molecule has 104 valence electrons. The van der Waals surface area contributed by atoms with Gasteiger partial charge in [0.05, 0.1) is 0 Å². The van der Waals surface area contributed by atoms with Gasteiger partial charge in [0.1, 0.15) is 11.5 Å². The fourth-order valence-electron chi connectivity index (χ4n) is 1.85. The van der Waals surface area contributed by atoms with Crippen LogP contribution in [0.1, 0.15) is 24.4 Å². The highest BCUT2D eigenvalue weighted by Crippen LogP contribution is 2.23. The van der Waals surface area contributed by atoms with E-state index in [0.717, 1.165) is 17.1 Å². The normalized spacial score (nSPS) is 11.8. The van der Waals surface area contributed by atoms with Crippen LogP contribution >= 0.6 is 0 Å². The second kappa shape index (κ2) is 6.73. The van der Waals surface area contributed by atoms with Crippen molar-refractivity contribution >= 4 is 5.97 Å². The molecular formula is C16H17NO3. The molecule has 0 bridgehead atoms. The standard InChI is InChI=1S/C16H17NO3/c17-15(10-11-16(18)19)12-6-8-14(9-7-12)20-13-4-2-1-3-5-13/h1-9,15H,10-11,17H2,(H,18,19). The quantitative estimate of drug-likeness (QED) is 0.845. The van der Waals surface area contributed by atoms with Crippen molar-refractivity contribution in [2.45, 2.75) is 18.9 Å². The Labute approximate surface area is 117 Å². The molecular weight excluding hydrogens is 254 g/mol. The summed E-state index contributed by atoms with van der Waals surface area (Å²) in [6, 6.07) is 16.6. The van der Waals surface area contributed by atoms with Crippen LogP contribution in [0.25, 0.3) is 0 Å². The zero-order chi connectivity index (χ0) is 14.4. The molecule has 2 aromatic rings. The number of aliphatic carboxylic acids is 1. The molecule has 4 nitrogen and oxygen atoms in total. The Morgan fingerprint density at radius 3 is 2.25 bits per heavy atom. The van der Waals surface area contributed by atoms with E-state index in [9.17, 15) is 4.79 Å². The SMILES string of the molecule is NC(CCC(=O)O)c1ccc(Oc2ccccc2)cc1. The molecule has 4 heteroatoms. The predicted molar refractivity (Wildman–Crippen MR) is 76.8 cm³/mol. The first kappa shape index (κ1) is 14.1. The first-order chi connectivity index (χ1) is 9.65. The van der Waals surface area contributed by atoms with Crippen molar-refractivity contribution in [2.75, 3.05) is 0 Å². The topological polar surface area (TPSA) is 72.6 Å². The van der Waals surface area contributed by atoms with Gasteiger partial charge in [-0.1, -0.05) is 30.3 Å². The van der Waals surface area contributed by atoms with Crippen LogP contribution in [0.5, 0.6) is 11.5 Å². The molecule has 0 saturated carbocycles. The summed E-state index contributed by atoms with van der Waals surface area (Å²) in [6.07, 6.45) is 0.498. The van der Waals surface area contributed by atoms with Crippen LogP contribution in [0.15, 0.2) is 54.6 Å². The highest BCUT2D eigenvalue weighted by molar-refractivity contribution is 5.66. The minimum absolute atomic E-state index is 0.0729. The molecule has 0 radical (unpaired) electrons. The summed E-state index contributed by atoms with van der Waals surface area (Å²) in [4.78, 5) is 10.5. The Hall–Kier alpha value is -2.33. The lowest BCUT2D eigenvalue weighted by Gasteiger charge is -2.12. The molecule has 0 fully saturated rings. The number of carboxylic acids is 1. The van der Waals surface area contributed by atoms with Gasteiger partial charge < -0.3 is 15.6 Å². The molecule has 0 saturated heterocycles. The average molecular weight is 271 g/mol. The molecule has 2 rings (SSSR count). The third-order valence-electron chi connectivity index (χ3n) is 2.96. The largest absolute Gasteiger partial charge is 0.481 e. The number of para-hydroxylation sites is 1. The molecule has 0 aliphatic rings. The van der Waals surface area contributed by atoms with Gasteiger partial charge in [0, 0.05) is 12.5 Å². The second-order valence-electron chi connectivity index (χ2n) is 4.52. The predicted octanol–water partition coefficient (Wildman–Crippen LogP) is 3.34. The third-order valence-corrected chi connectivity index (χ3v) is 2.96. The lowest BCUT2D eigenvalue weighted by Crippen LogP contribution is -2.12. The fourth-order valence-corrected chi connectivity index (χ4v) is 1.85. The average Bonchev–Trinajstić information content (AvgIpc) is 2.46. The van der Waals surface area contributed by atoms with Gasteiger partial charge in [0.25, 0.3) is 0 Å². The van der Waals surface area contributed by atoms with Crippen LogP contribution < -0.4 is 10.5 Å². The number of carboxylic acid groups (broad SMARTS) is 1. The Balaban J connectivity index is 1.97. The van der Waals surface area contributed by atoms with E-state index in [1.54, 1.807) is 0 Å². The fraction of sp³-hybridized carbons (Fsp3) is 0.188. The highest BCUT2D eigenvalue weighted by Gasteiger charge is 2.08. The summed E-state index contributed by atoms with van der Waals surface area (Å²) in [7, 11) is 0. The van der Waals surface area contributed by atoms with E-state index in [1.807, 2.05) is 54.6 Å². The first-order valence-corrected chi connectivity index (χ1v) is 6.45. The van der Waals surface area contributed by atoms with Crippen molar-refractivity contribution in [3.05, 3.63) is 60.2 Å². The minimum atomic E-state index is -0.829. The zero-order valence-electron chi connectivity index (χ0n) is 11.0. The Kier molecular flexibility index (Phi) is 4.74. The Bertz CT molecular complexity index is 552. The van der Waals surface area contributed by atoms with E-state index in [2.05, 4.69) is 0 Å². The van der Waals surface area contributed by atoms with E-state index >= 15 is 0 Å². The number of hydrogen-bond donors (Lipinski definition) is 2. The molecule has 0 aliphatic heterocycles. The van der Waals surface area contributed by atoms with Crippen LogP contribution in [0.3, 0.4) is 0 Å². The molecule has 0 amide bonds. The van der Waals surface area contributed by atoms with Gasteiger partial charge in [0.15, 0.2) is 0 Å². The molecule has 1 unspecified atom stereocenters. The van der Waals surface area contributed by atoms with Crippen molar-refractivity contribution in [2.24, 2.45) is 5.73 Å². The van der Waals surface area contributed by atoms with Crippen LogP contribution in [0, 0.1) is 0 Å². The van der Waals surface area contributed by atoms with Gasteiger partial charge in [0.2, 0.25) is 0 Å². The van der Waals surface area contributed by atoms with Crippen molar-refractivity contribution in [1.29, 1.82) is 0 Å². The van der Waals surface area contributed by atoms with Gasteiger partial charge in [-0.15, -0.1) is 0 Å². The van der Waals surface area contributed by atoms with Crippen molar-refractivity contribution < 1.29 is 14.6 Å². The van der Waals surface area contributed by atoms with Crippen molar-refractivity contribution in [3.8, 4) is 11.5 Å². The van der Waals surface area contributed by atoms with Crippen molar-refractivity contribution in [3.63, 3.8) is 0 Å².